The standard InChI is InChI=1S/C26H27N9O5.C8H7ClF3N/c1-3-19-21(32-4-6-33(7-5-32)24(38)20-22(37)15(2)28-14-29-20)25(39)35-26(34(19)8-9-36)30-23(31-35)16-10-17-12-40-13-18(17)27-11-16;1-13-7-3-2-5(4-6(7)9)8(10,11)12/h9-11,14,37H,3-8,12-13H2,1-2H3;2-4,13H,1H3. The van der Waals surface area contributed by atoms with Gasteiger partial charge >= 0.3 is 6.18 Å². The number of nitrogens with zero attached hydrogens (tertiary/aromatic N) is 9. The van der Waals surface area contributed by atoms with Crippen molar-refractivity contribution in [2.75, 3.05) is 43.4 Å². The van der Waals surface area contributed by atoms with Crippen LogP contribution in [0.5, 0.6) is 5.75 Å². The molecule has 0 bridgehead atoms. The number of ether oxygens (including phenoxy) is 1. The number of fused-ring (bicyclic) bond motifs is 2. The molecule has 4 aromatic heterocycles. The summed E-state index contributed by atoms with van der Waals surface area (Å²) in [7, 11) is 1.59. The predicted octanol–water partition coefficient (Wildman–Crippen LogP) is 3.91. The first kappa shape index (κ1) is 37.1. The average molecular weight is 755 g/mol. The molecule has 1 amide bonds. The van der Waals surface area contributed by atoms with E-state index in [2.05, 4.69) is 30.4 Å². The highest BCUT2D eigenvalue weighted by Crippen LogP contribution is 2.33. The molecule has 1 fully saturated rings. The number of alkyl halides is 3. The van der Waals surface area contributed by atoms with Gasteiger partial charge in [0, 0.05) is 50.6 Å². The van der Waals surface area contributed by atoms with Gasteiger partial charge in [0.2, 0.25) is 5.78 Å². The summed E-state index contributed by atoms with van der Waals surface area (Å²) in [6, 6.07) is 5.09. The van der Waals surface area contributed by atoms with Gasteiger partial charge in [-0.1, -0.05) is 18.5 Å². The number of nitrogens with one attached hydrogen (secondary N) is 1. The highest BCUT2D eigenvalue weighted by atomic mass is 35.5. The highest BCUT2D eigenvalue weighted by Gasteiger charge is 2.32. The molecule has 1 saturated heterocycles. The monoisotopic (exact) mass is 754 g/mol. The van der Waals surface area contributed by atoms with Crippen LogP contribution in [0.4, 0.5) is 24.5 Å². The fraction of sp³-hybridized carbons (Fsp3) is 0.353. The second-order valence-corrected chi connectivity index (χ2v) is 12.5. The second kappa shape index (κ2) is 15.2. The van der Waals surface area contributed by atoms with Gasteiger partial charge in [-0.15, -0.1) is 5.10 Å². The minimum atomic E-state index is -4.34. The Hall–Kier alpha value is -5.62. The number of aldehydes is 1. The van der Waals surface area contributed by atoms with E-state index in [0.717, 1.165) is 29.7 Å². The van der Waals surface area contributed by atoms with Crippen LogP contribution in [-0.4, -0.2) is 89.5 Å². The van der Waals surface area contributed by atoms with Gasteiger partial charge in [0.05, 0.1) is 53.1 Å². The number of carbonyl (C=O) groups excluding carboxylic acids is 2. The van der Waals surface area contributed by atoms with Crippen LogP contribution in [0.1, 0.15) is 45.6 Å². The fourth-order valence-electron chi connectivity index (χ4n) is 6.13. The zero-order valence-electron chi connectivity index (χ0n) is 28.8. The molecule has 53 heavy (non-hydrogen) atoms. The van der Waals surface area contributed by atoms with Crippen LogP contribution in [0.25, 0.3) is 17.2 Å². The molecule has 2 aliphatic rings. The molecule has 19 heteroatoms. The fourth-order valence-corrected chi connectivity index (χ4v) is 6.40. The third-order valence-electron chi connectivity index (χ3n) is 8.89. The summed E-state index contributed by atoms with van der Waals surface area (Å²) in [6.45, 7) is 5.77. The Morgan fingerprint density at radius 2 is 1.87 bits per heavy atom. The Balaban J connectivity index is 0.000000314. The number of hydrogen-bond donors (Lipinski definition) is 2. The van der Waals surface area contributed by atoms with E-state index < -0.39 is 17.6 Å². The molecular formula is C34H34ClF3N10O5. The number of aromatic hydroxyl groups is 1. The zero-order chi connectivity index (χ0) is 38.0. The number of aromatic nitrogens is 7. The number of aryl methyl sites for hydroxylation is 1. The van der Waals surface area contributed by atoms with Crippen LogP contribution in [0.3, 0.4) is 0 Å². The molecule has 6 heterocycles. The largest absolute Gasteiger partial charge is 0.504 e. The maximum Gasteiger partial charge on any atom is 0.416 e. The quantitative estimate of drug-likeness (QED) is 0.230. The van der Waals surface area contributed by atoms with E-state index in [1.165, 1.54) is 16.9 Å². The number of anilines is 2. The Kier molecular flexibility index (Phi) is 10.6. The number of amides is 1. The van der Waals surface area contributed by atoms with Gasteiger partial charge in [0.1, 0.15) is 18.3 Å². The topological polar surface area (TPSA) is 173 Å². The maximum absolute atomic E-state index is 13.9. The van der Waals surface area contributed by atoms with E-state index in [9.17, 15) is 32.7 Å². The Morgan fingerprint density at radius 3 is 2.53 bits per heavy atom. The first-order valence-electron chi connectivity index (χ1n) is 16.5. The molecular weight excluding hydrogens is 721 g/mol. The molecule has 0 atom stereocenters. The summed E-state index contributed by atoms with van der Waals surface area (Å²) in [5.41, 5.74) is 3.21. The number of hydrogen-bond acceptors (Lipinski definition) is 12. The molecule has 5 aromatic rings. The lowest BCUT2D eigenvalue weighted by atomic mass is 10.1. The average Bonchev–Trinajstić information content (AvgIpc) is 3.81. The van der Waals surface area contributed by atoms with Gasteiger partial charge in [-0.3, -0.25) is 14.6 Å². The van der Waals surface area contributed by atoms with E-state index in [1.54, 1.807) is 29.6 Å². The van der Waals surface area contributed by atoms with Gasteiger partial charge in [0.15, 0.2) is 17.3 Å². The van der Waals surface area contributed by atoms with E-state index in [-0.39, 0.29) is 34.3 Å². The smallest absolute Gasteiger partial charge is 0.416 e. The van der Waals surface area contributed by atoms with Crippen molar-refractivity contribution in [1.82, 2.24) is 39.0 Å². The molecule has 0 saturated carbocycles. The molecule has 7 rings (SSSR count). The molecule has 0 unspecified atom stereocenters. The van der Waals surface area contributed by atoms with Crippen LogP contribution < -0.4 is 15.8 Å². The Bertz CT molecular complexity index is 2250. The zero-order valence-corrected chi connectivity index (χ0v) is 29.6. The van der Waals surface area contributed by atoms with Gasteiger partial charge in [0.25, 0.3) is 11.5 Å². The summed E-state index contributed by atoms with van der Waals surface area (Å²) in [5.74, 6) is -0.0404. The van der Waals surface area contributed by atoms with Gasteiger partial charge in [-0.25, -0.2) is 9.97 Å². The third-order valence-corrected chi connectivity index (χ3v) is 9.20. The first-order valence-corrected chi connectivity index (χ1v) is 16.8. The lowest BCUT2D eigenvalue weighted by Gasteiger charge is -2.36. The number of halogens is 4. The van der Waals surface area contributed by atoms with Gasteiger partial charge < -0.3 is 34.3 Å². The summed E-state index contributed by atoms with van der Waals surface area (Å²) in [5, 5.41) is 17.5. The van der Waals surface area contributed by atoms with Crippen molar-refractivity contribution >= 4 is 40.9 Å². The molecule has 278 valence electrons. The number of rotatable bonds is 7. The number of carbonyl (C=O) groups is 2. The predicted molar refractivity (Wildman–Crippen MR) is 187 cm³/mol. The molecule has 2 N–H and O–H groups in total. The van der Waals surface area contributed by atoms with Crippen molar-refractivity contribution in [3.63, 3.8) is 0 Å². The lowest BCUT2D eigenvalue weighted by molar-refractivity contribution is -0.137. The summed E-state index contributed by atoms with van der Waals surface area (Å²) in [4.78, 5) is 59.1. The van der Waals surface area contributed by atoms with Crippen LogP contribution in [-0.2, 0) is 41.9 Å². The normalized spacial score (nSPS) is 14.2. The minimum absolute atomic E-state index is 0.000838. The molecule has 15 nitrogen and oxygen atoms in total. The molecule has 0 radical (unpaired) electrons. The summed E-state index contributed by atoms with van der Waals surface area (Å²) in [6.07, 6.45) is -0.192. The van der Waals surface area contributed by atoms with Crippen LogP contribution in [0.2, 0.25) is 5.02 Å². The van der Waals surface area contributed by atoms with Crippen LogP contribution >= 0.6 is 11.6 Å². The van der Waals surface area contributed by atoms with Crippen LogP contribution in [0, 0.1) is 6.92 Å². The molecule has 1 aromatic carbocycles. The number of piperazine rings is 1. The van der Waals surface area contributed by atoms with Crippen LogP contribution in [0.15, 0.2) is 41.6 Å². The number of pyridine rings is 1. The van der Waals surface area contributed by atoms with Crippen molar-refractivity contribution in [3.05, 3.63) is 86.1 Å². The Labute approximate surface area is 305 Å². The minimum Gasteiger partial charge on any atom is -0.504 e. The van der Waals surface area contributed by atoms with Crippen molar-refractivity contribution in [2.24, 2.45) is 0 Å². The Morgan fingerprint density at radius 1 is 1.11 bits per heavy atom. The van der Waals surface area contributed by atoms with Gasteiger partial charge in [-0.05, 0) is 37.6 Å². The van der Waals surface area contributed by atoms with Crippen molar-refractivity contribution in [1.29, 1.82) is 0 Å². The molecule has 0 spiro atoms. The molecule has 0 aliphatic carbocycles. The van der Waals surface area contributed by atoms with E-state index >= 15 is 0 Å². The van der Waals surface area contributed by atoms with Crippen molar-refractivity contribution < 1.29 is 32.6 Å². The molecule has 2 aliphatic heterocycles. The summed E-state index contributed by atoms with van der Waals surface area (Å²) >= 11 is 5.57. The van der Waals surface area contributed by atoms with E-state index in [0.29, 0.717) is 80.0 Å². The lowest BCUT2D eigenvalue weighted by Crippen LogP contribution is -2.51. The maximum atomic E-state index is 13.9. The number of benzene rings is 1. The second-order valence-electron chi connectivity index (χ2n) is 12.1. The van der Waals surface area contributed by atoms with E-state index in [4.69, 9.17) is 16.3 Å². The van der Waals surface area contributed by atoms with E-state index in [1.807, 2.05) is 17.9 Å². The van der Waals surface area contributed by atoms with Crippen molar-refractivity contribution in [3.8, 4) is 17.1 Å². The SMILES string of the molecule is CCc1c(N2CCN(C(=O)c3ncnc(C)c3O)CC2)c(=O)n2nc(-c3cnc4c(c3)COC4)nc2n1CC=O.CNc1ccc(C(F)(F)F)cc1Cl. The first-order chi connectivity index (χ1) is 25.4. The highest BCUT2D eigenvalue weighted by molar-refractivity contribution is 6.33. The third kappa shape index (κ3) is 7.36. The summed E-state index contributed by atoms with van der Waals surface area (Å²) < 4.78 is 44.8. The van der Waals surface area contributed by atoms with Gasteiger partial charge in [-0.2, -0.15) is 22.7 Å². The van der Waals surface area contributed by atoms with Crippen molar-refractivity contribution in [2.45, 2.75) is 46.2 Å².